The first kappa shape index (κ1) is 22.0. The molecule has 1 amide bonds. The highest BCUT2D eigenvalue weighted by Gasteiger charge is 2.06. The Hall–Kier alpha value is -3.72. The van der Waals surface area contributed by atoms with Crippen molar-refractivity contribution in [2.45, 2.75) is 6.61 Å². The molecule has 0 aliphatic carbocycles. The second-order valence-electron chi connectivity index (χ2n) is 6.32. The molecule has 0 spiro atoms. The van der Waals surface area contributed by atoms with Crippen molar-refractivity contribution < 1.29 is 19.3 Å². The van der Waals surface area contributed by atoms with E-state index in [1.165, 1.54) is 18.3 Å². The lowest BCUT2D eigenvalue weighted by Gasteiger charge is -2.09. The number of oxime groups is 1. The van der Waals surface area contributed by atoms with Gasteiger partial charge in [-0.2, -0.15) is 0 Å². The monoisotopic (exact) mass is 483 g/mol. The molecule has 9 heteroatoms. The number of benzene rings is 3. The van der Waals surface area contributed by atoms with Crippen molar-refractivity contribution in [3.8, 4) is 5.75 Å². The highest BCUT2D eigenvalue weighted by Crippen LogP contribution is 2.26. The number of hydrogen-bond donors (Lipinski definition) is 1. The highest BCUT2D eigenvalue weighted by molar-refractivity contribution is 9.10. The molecule has 0 aromatic heterocycles. The van der Waals surface area contributed by atoms with Crippen LogP contribution in [0.15, 0.2) is 82.4 Å². The predicted molar refractivity (Wildman–Crippen MR) is 120 cm³/mol. The molecule has 0 unspecified atom stereocenters. The van der Waals surface area contributed by atoms with Gasteiger partial charge >= 0.3 is 0 Å². The smallest absolute Gasteiger partial charge is 0.269 e. The Labute approximate surface area is 186 Å². The topological polar surface area (TPSA) is 103 Å². The average Bonchev–Trinajstić information content (AvgIpc) is 2.77. The maximum Gasteiger partial charge on any atom is 0.269 e. The van der Waals surface area contributed by atoms with E-state index in [2.05, 4.69) is 26.4 Å². The zero-order valence-electron chi connectivity index (χ0n) is 16.2. The summed E-state index contributed by atoms with van der Waals surface area (Å²) >= 11 is 3.44. The molecule has 1 N–H and O–H groups in total. The van der Waals surface area contributed by atoms with Gasteiger partial charge in [-0.05, 0) is 69.5 Å². The summed E-state index contributed by atoms with van der Waals surface area (Å²) in [5.74, 6) is 0.304. The van der Waals surface area contributed by atoms with Gasteiger partial charge in [-0.15, -0.1) is 0 Å². The van der Waals surface area contributed by atoms with Crippen LogP contribution in [0.5, 0.6) is 5.75 Å². The molecule has 0 heterocycles. The van der Waals surface area contributed by atoms with Crippen molar-refractivity contribution in [3.63, 3.8) is 0 Å². The van der Waals surface area contributed by atoms with Crippen molar-refractivity contribution >= 4 is 39.4 Å². The van der Waals surface area contributed by atoms with Crippen LogP contribution >= 0.6 is 15.9 Å². The molecule has 158 valence electrons. The van der Waals surface area contributed by atoms with Crippen LogP contribution in [-0.4, -0.2) is 23.7 Å². The minimum absolute atomic E-state index is 0.0355. The maximum atomic E-state index is 11.8. The van der Waals surface area contributed by atoms with Gasteiger partial charge in [0.2, 0.25) is 0 Å². The maximum absolute atomic E-state index is 11.8. The number of amides is 1. The second-order valence-corrected chi connectivity index (χ2v) is 7.18. The number of non-ortho nitro benzene ring substituents is 1. The van der Waals surface area contributed by atoms with Gasteiger partial charge in [-0.25, -0.2) is 0 Å². The van der Waals surface area contributed by atoms with Crippen LogP contribution < -0.4 is 10.1 Å². The van der Waals surface area contributed by atoms with E-state index in [0.717, 1.165) is 11.1 Å². The first-order valence-corrected chi connectivity index (χ1v) is 9.96. The number of nitrogens with one attached hydrogen (secondary N) is 1. The Balaban J connectivity index is 1.47. The molecular weight excluding hydrogens is 466 g/mol. The van der Waals surface area contributed by atoms with Gasteiger partial charge in [0, 0.05) is 17.8 Å². The number of nitrogens with zero attached hydrogens (tertiary/aromatic N) is 2. The predicted octanol–water partition coefficient (Wildman–Crippen LogP) is 4.93. The fourth-order valence-electron chi connectivity index (χ4n) is 2.50. The molecule has 31 heavy (non-hydrogen) atoms. The summed E-state index contributed by atoms with van der Waals surface area (Å²) in [6, 6.07) is 20.6. The van der Waals surface area contributed by atoms with Crippen LogP contribution in [0.3, 0.4) is 0 Å². The molecule has 8 nitrogen and oxygen atoms in total. The number of anilines is 1. The quantitative estimate of drug-likeness (QED) is 0.264. The van der Waals surface area contributed by atoms with Gasteiger partial charge in [-0.3, -0.25) is 14.9 Å². The Morgan fingerprint density at radius 1 is 1.10 bits per heavy atom. The van der Waals surface area contributed by atoms with Crippen LogP contribution in [0.1, 0.15) is 11.1 Å². The molecule has 0 saturated heterocycles. The lowest BCUT2D eigenvalue weighted by atomic mass is 10.2. The molecule has 0 atom stereocenters. The van der Waals surface area contributed by atoms with Crippen molar-refractivity contribution in [1.82, 2.24) is 0 Å². The Morgan fingerprint density at radius 2 is 1.84 bits per heavy atom. The molecule has 0 aliphatic heterocycles. The Morgan fingerprint density at radius 3 is 2.52 bits per heavy atom. The second kappa shape index (κ2) is 10.9. The van der Waals surface area contributed by atoms with Crippen molar-refractivity contribution in [2.75, 3.05) is 11.9 Å². The minimum Gasteiger partial charge on any atom is -0.488 e. The summed E-state index contributed by atoms with van der Waals surface area (Å²) in [6.45, 7) is 0.0622. The number of halogens is 1. The fraction of sp³-hybridized carbons (Fsp3) is 0.0909. The van der Waals surface area contributed by atoms with Gasteiger partial charge in [0.05, 0.1) is 15.6 Å². The third-order valence-corrected chi connectivity index (χ3v) is 4.65. The summed E-state index contributed by atoms with van der Waals surface area (Å²) in [5.41, 5.74) is 2.28. The van der Waals surface area contributed by atoms with Crippen LogP contribution in [0.2, 0.25) is 0 Å². The Kier molecular flexibility index (Phi) is 7.72. The molecule has 0 saturated carbocycles. The van der Waals surface area contributed by atoms with Crippen LogP contribution in [0.4, 0.5) is 11.4 Å². The van der Waals surface area contributed by atoms with Gasteiger partial charge in [0.1, 0.15) is 12.4 Å². The van der Waals surface area contributed by atoms with Crippen molar-refractivity contribution in [2.24, 2.45) is 5.16 Å². The molecule has 3 aromatic carbocycles. The van der Waals surface area contributed by atoms with E-state index in [-0.39, 0.29) is 24.8 Å². The van der Waals surface area contributed by atoms with Crippen molar-refractivity contribution in [1.29, 1.82) is 0 Å². The Bertz CT molecular complexity index is 1070. The molecule has 0 bridgehead atoms. The van der Waals surface area contributed by atoms with Gasteiger partial charge in [0.15, 0.2) is 6.61 Å². The van der Waals surface area contributed by atoms with E-state index in [1.807, 2.05) is 18.2 Å². The fourth-order valence-corrected chi connectivity index (χ4v) is 3.01. The number of hydrogen-bond acceptors (Lipinski definition) is 6. The number of para-hydroxylation sites is 1. The third kappa shape index (κ3) is 6.93. The average molecular weight is 484 g/mol. The largest absolute Gasteiger partial charge is 0.488 e. The van der Waals surface area contributed by atoms with Gasteiger partial charge in [-0.1, -0.05) is 23.4 Å². The van der Waals surface area contributed by atoms with E-state index < -0.39 is 4.92 Å². The van der Waals surface area contributed by atoms with Crippen LogP contribution in [0, 0.1) is 10.1 Å². The first-order valence-electron chi connectivity index (χ1n) is 9.17. The number of ether oxygens (including phenoxy) is 1. The minimum atomic E-state index is -0.444. The number of nitro groups is 1. The van der Waals surface area contributed by atoms with E-state index >= 15 is 0 Å². The first-order chi connectivity index (χ1) is 15.0. The van der Waals surface area contributed by atoms with E-state index in [9.17, 15) is 14.9 Å². The van der Waals surface area contributed by atoms with E-state index in [1.54, 1.807) is 42.5 Å². The zero-order valence-corrected chi connectivity index (χ0v) is 17.8. The molecule has 3 aromatic rings. The summed E-state index contributed by atoms with van der Waals surface area (Å²) in [4.78, 5) is 27.1. The number of nitro benzene ring substituents is 1. The van der Waals surface area contributed by atoms with Crippen LogP contribution in [0.25, 0.3) is 0 Å². The van der Waals surface area contributed by atoms with Crippen molar-refractivity contribution in [3.05, 3.63) is 98.5 Å². The molecule has 0 fully saturated rings. The molecule has 3 rings (SSSR count). The summed E-state index contributed by atoms with van der Waals surface area (Å²) in [6.07, 6.45) is 1.49. The number of carbonyl (C=O) groups excluding carboxylic acids is 1. The molecule has 0 radical (unpaired) electrons. The SMILES string of the molecule is O=C(CO/N=C/c1ccc(OCc2ccc([N+](=O)[O-])cc2)c(Br)c1)Nc1ccccc1. The van der Waals surface area contributed by atoms with E-state index in [4.69, 9.17) is 9.57 Å². The summed E-state index contributed by atoms with van der Waals surface area (Å²) in [7, 11) is 0. The van der Waals surface area contributed by atoms with E-state index in [0.29, 0.717) is 15.9 Å². The third-order valence-electron chi connectivity index (χ3n) is 4.03. The standard InChI is InChI=1S/C22H18BrN3O5/c23-20-12-17(13-24-31-15-22(27)25-18-4-2-1-3-5-18)8-11-21(20)30-14-16-6-9-19(10-7-16)26(28)29/h1-13H,14-15H2,(H,25,27)/b24-13+. The number of carbonyl (C=O) groups is 1. The lowest BCUT2D eigenvalue weighted by Crippen LogP contribution is -2.16. The molecule has 0 aliphatic rings. The van der Waals surface area contributed by atoms with Gasteiger partial charge < -0.3 is 14.9 Å². The summed E-state index contributed by atoms with van der Waals surface area (Å²) < 4.78 is 6.45. The molecular formula is C22H18BrN3O5. The highest BCUT2D eigenvalue weighted by atomic mass is 79.9. The van der Waals surface area contributed by atoms with Gasteiger partial charge in [0.25, 0.3) is 11.6 Å². The normalized spacial score (nSPS) is 10.6. The zero-order chi connectivity index (χ0) is 22.1. The summed E-state index contributed by atoms with van der Waals surface area (Å²) in [5, 5.41) is 17.2. The lowest BCUT2D eigenvalue weighted by molar-refractivity contribution is -0.384. The number of rotatable bonds is 9. The van der Waals surface area contributed by atoms with Crippen LogP contribution in [-0.2, 0) is 16.2 Å².